The molecule has 1 aliphatic rings. The molecular weight excluding hydrogens is 286 g/mol. The molecule has 0 saturated carbocycles. The quantitative estimate of drug-likeness (QED) is 0.925. The van der Waals surface area contributed by atoms with Gasteiger partial charge in [-0.15, -0.1) is 11.3 Å². The lowest BCUT2D eigenvalue weighted by Crippen LogP contribution is -2.39. The second-order valence-corrected chi connectivity index (χ2v) is 6.82. The maximum absolute atomic E-state index is 12.0. The second-order valence-electron chi connectivity index (χ2n) is 5.58. The molecule has 1 aliphatic heterocycles. The Morgan fingerprint density at radius 3 is 2.52 bits per heavy atom. The standard InChI is InChI=1S/C15H23N3O2S/c1-10-11(2)21-15(17-10)13-5-8-18(9-6-13)14(20)4-7-16-12(3)19/h13H,4-9H2,1-3H3,(H,16,19). The lowest BCUT2D eigenvalue weighted by molar-refractivity contribution is -0.132. The summed E-state index contributed by atoms with van der Waals surface area (Å²) >= 11 is 1.79. The van der Waals surface area contributed by atoms with Crippen LogP contribution in [0.4, 0.5) is 0 Å². The maximum atomic E-state index is 12.0. The van der Waals surface area contributed by atoms with Crippen molar-refractivity contribution < 1.29 is 9.59 Å². The summed E-state index contributed by atoms with van der Waals surface area (Å²) in [5, 5.41) is 3.88. The molecule has 1 aromatic heterocycles. The lowest BCUT2D eigenvalue weighted by atomic mass is 9.97. The highest BCUT2D eigenvalue weighted by Gasteiger charge is 2.25. The van der Waals surface area contributed by atoms with E-state index in [2.05, 4.69) is 24.1 Å². The van der Waals surface area contributed by atoms with Gasteiger partial charge in [0.1, 0.15) is 0 Å². The third-order valence-corrected chi connectivity index (χ3v) is 5.19. The van der Waals surface area contributed by atoms with Crippen LogP contribution >= 0.6 is 11.3 Å². The van der Waals surface area contributed by atoms with Gasteiger partial charge in [-0.1, -0.05) is 0 Å². The average Bonchev–Trinajstić information content (AvgIpc) is 2.78. The normalized spacial score (nSPS) is 16.0. The van der Waals surface area contributed by atoms with Gasteiger partial charge in [0.25, 0.3) is 0 Å². The van der Waals surface area contributed by atoms with Crippen LogP contribution in [0.25, 0.3) is 0 Å². The molecule has 0 atom stereocenters. The van der Waals surface area contributed by atoms with Crippen molar-refractivity contribution >= 4 is 23.2 Å². The monoisotopic (exact) mass is 309 g/mol. The molecule has 1 fully saturated rings. The fourth-order valence-electron chi connectivity index (χ4n) is 2.55. The Bertz CT molecular complexity index is 499. The number of likely N-dealkylation sites (tertiary alicyclic amines) is 1. The number of aryl methyl sites for hydroxylation is 2. The molecule has 116 valence electrons. The summed E-state index contributed by atoms with van der Waals surface area (Å²) in [6, 6.07) is 0. The maximum Gasteiger partial charge on any atom is 0.224 e. The van der Waals surface area contributed by atoms with E-state index < -0.39 is 0 Å². The number of nitrogens with zero attached hydrogens (tertiary/aromatic N) is 2. The number of amides is 2. The van der Waals surface area contributed by atoms with E-state index in [0.717, 1.165) is 31.6 Å². The zero-order valence-electron chi connectivity index (χ0n) is 12.9. The van der Waals surface area contributed by atoms with Crippen molar-refractivity contribution in [1.82, 2.24) is 15.2 Å². The van der Waals surface area contributed by atoms with Gasteiger partial charge in [0.15, 0.2) is 0 Å². The van der Waals surface area contributed by atoms with Gasteiger partial charge in [-0.05, 0) is 26.7 Å². The van der Waals surface area contributed by atoms with Gasteiger partial charge in [-0.25, -0.2) is 4.98 Å². The smallest absolute Gasteiger partial charge is 0.224 e. The number of thiazole rings is 1. The van der Waals surface area contributed by atoms with Gasteiger partial charge >= 0.3 is 0 Å². The highest BCUT2D eigenvalue weighted by Crippen LogP contribution is 2.32. The third kappa shape index (κ3) is 4.27. The fraction of sp³-hybridized carbons (Fsp3) is 0.667. The summed E-state index contributed by atoms with van der Waals surface area (Å²) in [4.78, 5) is 30.7. The minimum absolute atomic E-state index is 0.0870. The van der Waals surface area contributed by atoms with E-state index in [1.807, 2.05) is 4.90 Å². The summed E-state index contributed by atoms with van der Waals surface area (Å²) < 4.78 is 0. The summed E-state index contributed by atoms with van der Waals surface area (Å²) in [5.74, 6) is 0.534. The Hall–Kier alpha value is -1.43. The molecule has 0 spiro atoms. The van der Waals surface area contributed by atoms with Crippen molar-refractivity contribution in [2.24, 2.45) is 0 Å². The summed E-state index contributed by atoms with van der Waals surface area (Å²) in [7, 11) is 0. The molecule has 2 amide bonds. The van der Waals surface area contributed by atoms with Gasteiger partial charge in [0, 0.05) is 43.8 Å². The van der Waals surface area contributed by atoms with Crippen LogP contribution in [0.5, 0.6) is 0 Å². The minimum Gasteiger partial charge on any atom is -0.356 e. The van der Waals surface area contributed by atoms with Crippen molar-refractivity contribution in [2.75, 3.05) is 19.6 Å². The molecule has 2 heterocycles. The van der Waals surface area contributed by atoms with Crippen LogP contribution in [0.15, 0.2) is 0 Å². The van der Waals surface area contributed by atoms with Gasteiger partial charge < -0.3 is 10.2 Å². The highest BCUT2D eigenvalue weighted by atomic mass is 32.1. The molecular formula is C15H23N3O2S. The van der Waals surface area contributed by atoms with Crippen LogP contribution < -0.4 is 5.32 Å². The Morgan fingerprint density at radius 2 is 2.00 bits per heavy atom. The molecule has 6 heteroatoms. The summed E-state index contributed by atoms with van der Waals surface area (Å²) in [5.41, 5.74) is 1.13. The number of carbonyl (C=O) groups is 2. The zero-order valence-corrected chi connectivity index (χ0v) is 13.8. The van der Waals surface area contributed by atoms with Crippen LogP contribution in [0.3, 0.4) is 0 Å². The summed E-state index contributed by atoms with van der Waals surface area (Å²) in [6.45, 7) is 7.64. The van der Waals surface area contributed by atoms with E-state index in [-0.39, 0.29) is 11.8 Å². The average molecular weight is 309 g/mol. The highest BCUT2D eigenvalue weighted by molar-refractivity contribution is 7.11. The van der Waals surface area contributed by atoms with Crippen molar-refractivity contribution in [3.8, 4) is 0 Å². The van der Waals surface area contributed by atoms with E-state index in [1.54, 1.807) is 11.3 Å². The Morgan fingerprint density at radius 1 is 1.33 bits per heavy atom. The number of rotatable bonds is 4. The van der Waals surface area contributed by atoms with Crippen molar-refractivity contribution in [3.05, 3.63) is 15.6 Å². The molecule has 21 heavy (non-hydrogen) atoms. The van der Waals surface area contributed by atoms with Crippen LogP contribution in [-0.4, -0.2) is 41.3 Å². The van der Waals surface area contributed by atoms with Gasteiger partial charge in [-0.3, -0.25) is 9.59 Å². The molecule has 0 aliphatic carbocycles. The van der Waals surface area contributed by atoms with Crippen LogP contribution in [-0.2, 0) is 9.59 Å². The molecule has 0 aromatic carbocycles. The minimum atomic E-state index is -0.0870. The molecule has 0 unspecified atom stereocenters. The van der Waals surface area contributed by atoms with Gasteiger partial charge in [0.05, 0.1) is 10.7 Å². The molecule has 0 radical (unpaired) electrons. The number of piperidine rings is 1. The largest absolute Gasteiger partial charge is 0.356 e. The molecule has 1 aromatic rings. The number of hydrogen-bond acceptors (Lipinski definition) is 4. The summed E-state index contributed by atoms with van der Waals surface area (Å²) in [6.07, 6.45) is 2.36. The first kappa shape index (κ1) is 15.9. The topological polar surface area (TPSA) is 62.3 Å². The van der Waals surface area contributed by atoms with E-state index >= 15 is 0 Å². The van der Waals surface area contributed by atoms with Gasteiger partial charge in [-0.2, -0.15) is 0 Å². The number of carbonyl (C=O) groups excluding carboxylic acids is 2. The third-order valence-electron chi connectivity index (χ3n) is 3.95. The molecule has 0 bridgehead atoms. The first-order valence-electron chi connectivity index (χ1n) is 7.43. The van der Waals surface area contributed by atoms with E-state index in [1.165, 1.54) is 16.8 Å². The van der Waals surface area contributed by atoms with Gasteiger partial charge in [0.2, 0.25) is 11.8 Å². The number of nitrogens with one attached hydrogen (secondary N) is 1. The number of hydrogen-bond donors (Lipinski definition) is 1. The second kappa shape index (κ2) is 7.02. The van der Waals surface area contributed by atoms with E-state index in [4.69, 9.17) is 0 Å². The predicted molar refractivity (Wildman–Crippen MR) is 83.4 cm³/mol. The lowest BCUT2D eigenvalue weighted by Gasteiger charge is -2.31. The molecule has 2 rings (SSSR count). The first-order chi connectivity index (χ1) is 9.97. The van der Waals surface area contributed by atoms with Crippen LogP contribution in [0, 0.1) is 13.8 Å². The molecule has 1 saturated heterocycles. The van der Waals surface area contributed by atoms with Crippen molar-refractivity contribution in [2.45, 2.75) is 46.0 Å². The van der Waals surface area contributed by atoms with E-state index in [9.17, 15) is 9.59 Å². The first-order valence-corrected chi connectivity index (χ1v) is 8.25. The number of aromatic nitrogens is 1. The predicted octanol–water partition coefficient (Wildman–Crippen LogP) is 1.99. The fourth-order valence-corrected chi connectivity index (χ4v) is 3.64. The van der Waals surface area contributed by atoms with Crippen molar-refractivity contribution in [3.63, 3.8) is 0 Å². The van der Waals surface area contributed by atoms with E-state index in [0.29, 0.717) is 18.9 Å². The van der Waals surface area contributed by atoms with Crippen molar-refractivity contribution in [1.29, 1.82) is 0 Å². The zero-order chi connectivity index (χ0) is 15.4. The Labute approximate surface area is 129 Å². The molecule has 1 N–H and O–H groups in total. The van der Waals surface area contributed by atoms with Crippen LogP contribution in [0.1, 0.15) is 47.7 Å². The Balaban J connectivity index is 1.80. The Kier molecular flexibility index (Phi) is 5.33. The van der Waals surface area contributed by atoms with Crippen LogP contribution in [0.2, 0.25) is 0 Å². The molecule has 5 nitrogen and oxygen atoms in total. The SMILES string of the molecule is CC(=O)NCCC(=O)N1CCC(c2nc(C)c(C)s2)CC1.